The SMILES string of the molecule is CC(C)(C)OC(=O)N1CCn2ccc3cc(F)cc(c32)C1.COC(=O)C(=O)c1cn2c3c(cc(F)cc13)CN(C(=O)OC(C)(C)C)CC2.O=C(Cl)C(=O)Cl. The van der Waals surface area contributed by atoms with Gasteiger partial charge in [-0.1, -0.05) is 0 Å². The van der Waals surface area contributed by atoms with Crippen LogP contribution in [-0.4, -0.2) is 84.8 Å². The Morgan fingerprint density at radius 3 is 1.65 bits per heavy atom. The first-order valence-electron chi connectivity index (χ1n) is 16.6. The Labute approximate surface area is 319 Å². The molecule has 0 saturated carbocycles. The fourth-order valence-corrected chi connectivity index (χ4v) is 5.87. The molecule has 17 heteroatoms. The molecule has 0 N–H and O–H groups in total. The van der Waals surface area contributed by atoms with Gasteiger partial charge in [-0.25, -0.2) is 23.2 Å². The van der Waals surface area contributed by atoms with Crippen LogP contribution in [0.4, 0.5) is 18.4 Å². The van der Waals surface area contributed by atoms with Crippen LogP contribution in [-0.2, 0) is 54.8 Å². The highest BCUT2D eigenvalue weighted by atomic mass is 35.5. The summed E-state index contributed by atoms with van der Waals surface area (Å²) in [6.45, 7) is 13.3. The minimum absolute atomic E-state index is 0.0864. The molecule has 0 saturated heterocycles. The maximum atomic E-state index is 14.2. The average Bonchev–Trinajstić information content (AvgIpc) is 3.50. The van der Waals surface area contributed by atoms with Gasteiger partial charge in [0, 0.05) is 49.3 Å². The molecule has 2 amide bonds. The molecule has 2 aromatic heterocycles. The number of methoxy groups -OCH3 is 1. The van der Waals surface area contributed by atoms with E-state index in [-0.39, 0.29) is 24.0 Å². The number of carbonyl (C=O) groups excluding carboxylic acids is 6. The van der Waals surface area contributed by atoms with Crippen LogP contribution >= 0.6 is 23.2 Å². The van der Waals surface area contributed by atoms with Crippen LogP contribution in [0.3, 0.4) is 0 Å². The maximum Gasteiger partial charge on any atom is 0.410 e. The fraction of sp³-hybridized carbons (Fsp3) is 0.405. The Hall–Kier alpha value is -5.02. The summed E-state index contributed by atoms with van der Waals surface area (Å²) in [5.74, 6) is -2.67. The summed E-state index contributed by atoms with van der Waals surface area (Å²) in [4.78, 5) is 70.6. The molecule has 0 bridgehead atoms. The Morgan fingerprint density at radius 1 is 0.685 bits per heavy atom. The quantitative estimate of drug-likeness (QED) is 0.0708. The van der Waals surface area contributed by atoms with Crippen molar-refractivity contribution in [3.8, 4) is 0 Å². The van der Waals surface area contributed by atoms with E-state index in [1.807, 2.05) is 33.0 Å². The standard InChI is InChI=1S/C19H21FN2O5.C16H19FN2O2.C2Cl2O2/c1-19(2,3)27-18(25)22-6-5-21-10-14(16(23)17(24)26-4)13-8-12(20)7-11(9-22)15(13)21;1-16(2,3)21-15(20)19-7-6-18-5-4-11-8-13(17)9-12(10-19)14(11)18;3-1(5)2(4)6/h7-8,10H,5-6,9H2,1-4H3;4-5,8-9H,6-7,10H2,1-3H3;. The highest BCUT2D eigenvalue weighted by Crippen LogP contribution is 2.31. The summed E-state index contributed by atoms with van der Waals surface area (Å²) >= 11 is 8.98. The van der Waals surface area contributed by atoms with Crippen molar-refractivity contribution in [1.82, 2.24) is 18.9 Å². The van der Waals surface area contributed by atoms with E-state index in [1.165, 1.54) is 35.4 Å². The second-order valence-corrected chi connectivity index (χ2v) is 15.1. The molecule has 290 valence electrons. The van der Waals surface area contributed by atoms with E-state index < -0.39 is 45.3 Å². The van der Waals surface area contributed by atoms with Gasteiger partial charge < -0.3 is 33.1 Å². The summed E-state index contributed by atoms with van der Waals surface area (Å²) < 4.78 is 47.1. The van der Waals surface area contributed by atoms with Gasteiger partial charge in [-0.3, -0.25) is 14.4 Å². The second-order valence-electron chi connectivity index (χ2n) is 14.4. The topological polar surface area (TPSA) is 146 Å². The molecule has 0 aliphatic carbocycles. The zero-order valence-corrected chi connectivity index (χ0v) is 32.3. The molecule has 6 rings (SSSR count). The molecule has 0 spiro atoms. The smallest absolute Gasteiger partial charge is 0.410 e. The number of benzene rings is 2. The molecule has 0 atom stereocenters. The maximum absolute atomic E-state index is 14.2. The molecular weight excluding hydrogens is 753 g/mol. The van der Waals surface area contributed by atoms with Crippen molar-refractivity contribution in [2.45, 2.75) is 78.9 Å². The van der Waals surface area contributed by atoms with Crippen LogP contribution in [0.5, 0.6) is 0 Å². The average molecular weight is 794 g/mol. The number of nitrogens with zero attached hydrogens (tertiary/aromatic N) is 4. The highest BCUT2D eigenvalue weighted by molar-refractivity contribution is 6.97. The number of carbonyl (C=O) groups is 6. The van der Waals surface area contributed by atoms with Crippen molar-refractivity contribution < 1.29 is 51.8 Å². The third-order valence-electron chi connectivity index (χ3n) is 7.94. The number of amides is 2. The number of hydrogen-bond donors (Lipinski definition) is 0. The van der Waals surface area contributed by atoms with Gasteiger partial charge in [-0.15, -0.1) is 0 Å². The number of ether oxygens (including phenoxy) is 3. The van der Waals surface area contributed by atoms with Crippen molar-refractivity contribution >= 4 is 79.4 Å². The van der Waals surface area contributed by atoms with E-state index in [2.05, 4.69) is 32.5 Å². The molecule has 54 heavy (non-hydrogen) atoms. The number of hydrogen-bond acceptors (Lipinski definition) is 9. The van der Waals surface area contributed by atoms with Crippen LogP contribution in [0, 0.1) is 11.6 Å². The molecule has 13 nitrogen and oxygen atoms in total. The van der Waals surface area contributed by atoms with Crippen LogP contribution < -0.4 is 0 Å². The Bertz CT molecular complexity index is 2120. The lowest BCUT2D eigenvalue weighted by Gasteiger charge is -2.26. The number of halogens is 4. The van der Waals surface area contributed by atoms with Crippen LogP contribution in [0.25, 0.3) is 21.8 Å². The number of aromatic nitrogens is 2. The third-order valence-corrected chi connectivity index (χ3v) is 8.38. The van der Waals surface area contributed by atoms with E-state index in [1.54, 1.807) is 30.2 Å². The Kier molecular flexibility index (Phi) is 12.8. The van der Waals surface area contributed by atoms with E-state index >= 15 is 0 Å². The van der Waals surface area contributed by atoms with Gasteiger partial charge in [-0.2, -0.15) is 0 Å². The summed E-state index contributed by atoms with van der Waals surface area (Å²) in [6, 6.07) is 7.48. The molecular formula is C37H40Cl2F2N4O9. The summed E-state index contributed by atoms with van der Waals surface area (Å²) in [7, 11) is 1.12. The zero-order chi connectivity index (χ0) is 40.3. The Morgan fingerprint density at radius 2 is 1.17 bits per heavy atom. The number of ketones is 1. The lowest BCUT2D eigenvalue weighted by atomic mass is 10.1. The van der Waals surface area contributed by atoms with Gasteiger partial charge in [0.2, 0.25) is 0 Å². The zero-order valence-electron chi connectivity index (χ0n) is 30.8. The van der Waals surface area contributed by atoms with E-state index in [9.17, 15) is 37.5 Å². The molecule has 2 aliphatic heterocycles. The van der Waals surface area contributed by atoms with Crippen molar-refractivity contribution in [1.29, 1.82) is 0 Å². The lowest BCUT2D eigenvalue weighted by Crippen LogP contribution is -2.37. The number of esters is 1. The van der Waals surface area contributed by atoms with Crippen LogP contribution in [0.1, 0.15) is 63.0 Å². The molecule has 0 fully saturated rings. The van der Waals surface area contributed by atoms with E-state index in [0.29, 0.717) is 49.2 Å². The fourth-order valence-electron chi connectivity index (χ4n) is 5.87. The van der Waals surface area contributed by atoms with Crippen molar-refractivity contribution in [3.05, 3.63) is 71.1 Å². The van der Waals surface area contributed by atoms with Gasteiger partial charge in [0.15, 0.2) is 0 Å². The summed E-state index contributed by atoms with van der Waals surface area (Å²) in [6.07, 6.45) is 2.60. The van der Waals surface area contributed by atoms with Crippen molar-refractivity contribution in [2.24, 2.45) is 0 Å². The third kappa shape index (κ3) is 10.3. The first-order chi connectivity index (χ1) is 25.1. The number of Topliss-reactive ketones (excluding diaryl/α,β-unsaturated/α-hetero) is 1. The monoisotopic (exact) mass is 792 g/mol. The first kappa shape index (κ1) is 41.7. The minimum Gasteiger partial charge on any atom is -0.463 e. The van der Waals surface area contributed by atoms with Gasteiger partial charge in [-0.05, 0) is 106 Å². The van der Waals surface area contributed by atoms with E-state index in [4.69, 9.17) is 9.47 Å². The minimum atomic E-state index is -1.14. The van der Waals surface area contributed by atoms with Crippen molar-refractivity contribution in [3.63, 3.8) is 0 Å². The Balaban J connectivity index is 0.000000214. The predicted octanol–water partition coefficient (Wildman–Crippen LogP) is 6.94. The van der Waals surface area contributed by atoms with Gasteiger partial charge >= 0.3 is 28.6 Å². The molecule has 4 heterocycles. The van der Waals surface area contributed by atoms with Gasteiger partial charge in [0.05, 0.1) is 36.8 Å². The molecule has 0 unspecified atom stereocenters. The summed E-state index contributed by atoms with van der Waals surface area (Å²) in [5.41, 5.74) is 1.89. The first-order valence-corrected chi connectivity index (χ1v) is 17.4. The van der Waals surface area contributed by atoms with Gasteiger partial charge in [0.25, 0.3) is 5.78 Å². The van der Waals surface area contributed by atoms with Crippen LogP contribution in [0.15, 0.2) is 42.7 Å². The molecule has 0 radical (unpaired) electrons. The molecule has 2 aromatic carbocycles. The largest absolute Gasteiger partial charge is 0.463 e. The van der Waals surface area contributed by atoms with Crippen LogP contribution in [0.2, 0.25) is 0 Å². The normalized spacial score (nSPS) is 13.8. The highest BCUT2D eigenvalue weighted by Gasteiger charge is 2.30. The number of rotatable bonds is 3. The van der Waals surface area contributed by atoms with E-state index in [0.717, 1.165) is 23.6 Å². The van der Waals surface area contributed by atoms with Crippen molar-refractivity contribution in [2.75, 3.05) is 20.2 Å². The molecule has 2 aliphatic rings. The second kappa shape index (κ2) is 16.6. The lowest BCUT2D eigenvalue weighted by molar-refractivity contribution is -0.135. The summed E-state index contributed by atoms with van der Waals surface area (Å²) in [5, 5.41) is -1.09. The van der Waals surface area contributed by atoms with Gasteiger partial charge in [0.1, 0.15) is 22.8 Å². The predicted molar refractivity (Wildman–Crippen MR) is 195 cm³/mol. The molecule has 4 aromatic rings.